The maximum atomic E-state index is 11.7. The summed E-state index contributed by atoms with van der Waals surface area (Å²) in [4.78, 5) is 24.3. The van der Waals surface area contributed by atoms with Crippen LogP contribution in [-0.4, -0.2) is 35.8 Å². The fourth-order valence-corrected chi connectivity index (χ4v) is 1.79. The highest BCUT2D eigenvalue weighted by Gasteiger charge is 2.27. The van der Waals surface area contributed by atoms with E-state index in [1.807, 2.05) is 6.92 Å². The zero-order valence-corrected chi connectivity index (χ0v) is 9.11. The predicted octanol–water partition coefficient (Wildman–Crippen LogP) is -0.552. The Morgan fingerprint density at radius 2 is 1.93 bits per heavy atom. The van der Waals surface area contributed by atoms with Crippen molar-refractivity contribution in [2.24, 2.45) is 17.4 Å². The third-order valence-corrected chi connectivity index (χ3v) is 2.97. The molecule has 0 saturated carbocycles. The van der Waals surface area contributed by atoms with E-state index < -0.39 is 6.04 Å². The third kappa shape index (κ3) is 2.92. The second-order valence-electron chi connectivity index (χ2n) is 4.02. The first-order valence-electron chi connectivity index (χ1n) is 5.40. The Bertz CT molecular complexity index is 247. The molecule has 0 radical (unpaired) electrons. The molecule has 0 aromatic rings. The number of primary amides is 1. The fraction of sp³-hybridized carbons (Fsp3) is 0.800. The van der Waals surface area contributed by atoms with Gasteiger partial charge in [0, 0.05) is 19.0 Å². The number of nitrogens with two attached hydrogens (primary N) is 2. The van der Waals surface area contributed by atoms with Crippen molar-refractivity contribution in [2.75, 3.05) is 13.1 Å². The van der Waals surface area contributed by atoms with E-state index in [0.717, 1.165) is 0 Å². The van der Waals surface area contributed by atoms with E-state index in [0.29, 0.717) is 32.4 Å². The van der Waals surface area contributed by atoms with Crippen LogP contribution in [0.2, 0.25) is 0 Å². The van der Waals surface area contributed by atoms with E-state index in [1.54, 1.807) is 4.90 Å². The van der Waals surface area contributed by atoms with Crippen molar-refractivity contribution in [1.82, 2.24) is 4.90 Å². The van der Waals surface area contributed by atoms with Gasteiger partial charge in [0.15, 0.2) is 0 Å². The minimum atomic E-state index is -0.407. The first kappa shape index (κ1) is 12.0. The van der Waals surface area contributed by atoms with E-state index in [-0.39, 0.29) is 17.7 Å². The highest BCUT2D eigenvalue weighted by atomic mass is 16.2. The van der Waals surface area contributed by atoms with Crippen LogP contribution in [0.1, 0.15) is 26.2 Å². The van der Waals surface area contributed by atoms with Crippen molar-refractivity contribution < 1.29 is 9.59 Å². The molecule has 15 heavy (non-hydrogen) atoms. The lowest BCUT2D eigenvalue weighted by Gasteiger charge is -2.32. The highest BCUT2D eigenvalue weighted by Crippen LogP contribution is 2.17. The number of nitrogens with zero attached hydrogens (tertiary/aromatic N) is 1. The molecule has 2 amide bonds. The van der Waals surface area contributed by atoms with Crippen LogP contribution in [0.3, 0.4) is 0 Å². The van der Waals surface area contributed by atoms with E-state index >= 15 is 0 Å². The van der Waals surface area contributed by atoms with E-state index in [4.69, 9.17) is 11.5 Å². The summed E-state index contributed by atoms with van der Waals surface area (Å²) in [6.07, 6.45) is 1.98. The van der Waals surface area contributed by atoms with Gasteiger partial charge in [0.2, 0.25) is 11.8 Å². The first-order valence-corrected chi connectivity index (χ1v) is 5.40. The van der Waals surface area contributed by atoms with Crippen LogP contribution >= 0.6 is 0 Å². The zero-order chi connectivity index (χ0) is 11.4. The SMILES string of the molecule is CCC(N)C(=O)N1CCC(C(N)=O)CC1. The average Bonchev–Trinajstić information content (AvgIpc) is 2.27. The minimum Gasteiger partial charge on any atom is -0.369 e. The van der Waals surface area contributed by atoms with Crippen molar-refractivity contribution in [3.8, 4) is 0 Å². The predicted molar refractivity (Wildman–Crippen MR) is 56.8 cm³/mol. The Balaban J connectivity index is 2.43. The number of carbonyl (C=O) groups is 2. The van der Waals surface area contributed by atoms with Gasteiger partial charge in [-0.2, -0.15) is 0 Å². The van der Waals surface area contributed by atoms with Crippen LogP contribution in [-0.2, 0) is 9.59 Å². The lowest BCUT2D eigenvalue weighted by atomic mass is 9.96. The van der Waals surface area contributed by atoms with Crippen LogP contribution < -0.4 is 11.5 Å². The number of carbonyl (C=O) groups excluding carboxylic acids is 2. The maximum Gasteiger partial charge on any atom is 0.239 e. The minimum absolute atomic E-state index is 0.0135. The second-order valence-corrected chi connectivity index (χ2v) is 4.02. The molecule has 1 saturated heterocycles. The van der Waals surface area contributed by atoms with E-state index in [1.165, 1.54) is 0 Å². The molecule has 1 aliphatic rings. The van der Waals surface area contributed by atoms with Crippen molar-refractivity contribution in [3.05, 3.63) is 0 Å². The second kappa shape index (κ2) is 5.11. The smallest absolute Gasteiger partial charge is 0.239 e. The molecule has 1 atom stereocenters. The molecule has 0 aromatic carbocycles. The Morgan fingerprint density at radius 3 is 2.33 bits per heavy atom. The molecular formula is C10H19N3O2. The zero-order valence-electron chi connectivity index (χ0n) is 9.11. The van der Waals surface area contributed by atoms with Gasteiger partial charge < -0.3 is 16.4 Å². The van der Waals surface area contributed by atoms with Crippen LogP contribution in [0.4, 0.5) is 0 Å². The summed E-state index contributed by atoms with van der Waals surface area (Å²) in [7, 11) is 0. The van der Waals surface area contributed by atoms with E-state index in [2.05, 4.69) is 0 Å². The Kier molecular flexibility index (Phi) is 4.08. The molecule has 1 fully saturated rings. The van der Waals surface area contributed by atoms with Crippen molar-refractivity contribution in [3.63, 3.8) is 0 Å². The van der Waals surface area contributed by atoms with Gasteiger partial charge in [0.25, 0.3) is 0 Å². The lowest BCUT2D eigenvalue weighted by Crippen LogP contribution is -2.48. The fourth-order valence-electron chi connectivity index (χ4n) is 1.79. The molecule has 0 aromatic heterocycles. The van der Waals surface area contributed by atoms with Crippen LogP contribution in [0.25, 0.3) is 0 Å². The van der Waals surface area contributed by atoms with Gasteiger partial charge in [-0.15, -0.1) is 0 Å². The molecule has 5 heteroatoms. The molecule has 1 rings (SSSR count). The Hall–Kier alpha value is -1.10. The van der Waals surface area contributed by atoms with Gasteiger partial charge in [0.05, 0.1) is 6.04 Å². The van der Waals surface area contributed by atoms with Gasteiger partial charge in [-0.05, 0) is 19.3 Å². The van der Waals surface area contributed by atoms with Gasteiger partial charge in [0.1, 0.15) is 0 Å². The molecule has 4 N–H and O–H groups in total. The van der Waals surface area contributed by atoms with Gasteiger partial charge in [-0.3, -0.25) is 9.59 Å². The first-order chi connectivity index (χ1) is 7.06. The van der Waals surface area contributed by atoms with Crippen LogP contribution in [0, 0.1) is 5.92 Å². The lowest BCUT2D eigenvalue weighted by molar-refractivity contribution is -0.136. The number of likely N-dealkylation sites (tertiary alicyclic amines) is 1. The monoisotopic (exact) mass is 213 g/mol. The van der Waals surface area contributed by atoms with Crippen LogP contribution in [0.5, 0.6) is 0 Å². The summed E-state index contributed by atoms with van der Waals surface area (Å²) in [5.41, 5.74) is 10.9. The van der Waals surface area contributed by atoms with Gasteiger partial charge >= 0.3 is 0 Å². The molecule has 86 valence electrons. The summed E-state index contributed by atoms with van der Waals surface area (Å²) >= 11 is 0. The highest BCUT2D eigenvalue weighted by molar-refractivity contribution is 5.82. The molecule has 1 heterocycles. The average molecular weight is 213 g/mol. The van der Waals surface area contributed by atoms with Gasteiger partial charge in [-0.25, -0.2) is 0 Å². The number of rotatable bonds is 3. The topological polar surface area (TPSA) is 89.4 Å². The number of hydrogen-bond acceptors (Lipinski definition) is 3. The quantitative estimate of drug-likeness (QED) is 0.659. The number of hydrogen-bond donors (Lipinski definition) is 2. The molecule has 5 nitrogen and oxygen atoms in total. The van der Waals surface area contributed by atoms with Gasteiger partial charge in [-0.1, -0.05) is 6.92 Å². The summed E-state index contributed by atoms with van der Waals surface area (Å²) in [6, 6.07) is -0.407. The van der Waals surface area contributed by atoms with Crippen molar-refractivity contribution in [2.45, 2.75) is 32.2 Å². The largest absolute Gasteiger partial charge is 0.369 e. The van der Waals surface area contributed by atoms with E-state index in [9.17, 15) is 9.59 Å². The van der Waals surface area contributed by atoms with Crippen molar-refractivity contribution >= 4 is 11.8 Å². The summed E-state index contributed by atoms with van der Waals surface area (Å²) in [5.74, 6) is -0.353. The standard InChI is InChI=1S/C10H19N3O2/c1-2-8(11)10(15)13-5-3-7(4-6-13)9(12)14/h7-8H,2-6,11H2,1H3,(H2,12,14). The third-order valence-electron chi connectivity index (χ3n) is 2.97. The molecule has 0 bridgehead atoms. The molecule has 0 aliphatic carbocycles. The summed E-state index contributed by atoms with van der Waals surface area (Å²) < 4.78 is 0. The summed E-state index contributed by atoms with van der Waals surface area (Å²) in [5, 5.41) is 0. The Labute approximate surface area is 89.8 Å². The molecule has 0 spiro atoms. The van der Waals surface area contributed by atoms with Crippen LogP contribution in [0.15, 0.2) is 0 Å². The molecule has 1 aliphatic heterocycles. The Morgan fingerprint density at radius 1 is 1.40 bits per heavy atom. The molecular weight excluding hydrogens is 194 g/mol. The number of piperidine rings is 1. The summed E-state index contributed by atoms with van der Waals surface area (Å²) in [6.45, 7) is 3.08. The number of amides is 2. The maximum absolute atomic E-state index is 11.7. The normalized spacial score (nSPS) is 20.0. The van der Waals surface area contributed by atoms with Crippen molar-refractivity contribution in [1.29, 1.82) is 0 Å². The molecule has 1 unspecified atom stereocenters.